The van der Waals surface area contributed by atoms with Crippen LogP contribution in [0.3, 0.4) is 0 Å². The van der Waals surface area contributed by atoms with Crippen LogP contribution in [0.15, 0.2) is 10.6 Å². The van der Waals surface area contributed by atoms with Crippen LogP contribution in [0, 0.1) is 5.92 Å². The molecule has 22 heavy (non-hydrogen) atoms. The SMILES string of the molecule is CC(O)[C@H]1C(=O)N2C(C(=O)O)=C([C@H](N)CCCCCO)S[C@H]12. The molecule has 0 radical (unpaired) electrons. The van der Waals surface area contributed by atoms with Crippen molar-refractivity contribution in [3.63, 3.8) is 0 Å². The lowest BCUT2D eigenvalue weighted by molar-refractivity contribution is -0.156. The second-order valence-electron chi connectivity index (χ2n) is 5.68. The lowest BCUT2D eigenvalue weighted by atomic mass is 9.92. The van der Waals surface area contributed by atoms with Gasteiger partial charge in [-0.2, -0.15) is 0 Å². The van der Waals surface area contributed by atoms with Crippen molar-refractivity contribution < 1.29 is 24.9 Å². The molecular formula is C14H22N2O5S. The Morgan fingerprint density at radius 2 is 2.09 bits per heavy atom. The number of aliphatic hydroxyl groups is 2. The molecule has 8 heteroatoms. The normalized spacial score (nSPS) is 26.7. The fraction of sp³-hybridized carbons (Fsp3) is 0.714. The molecule has 1 unspecified atom stereocenters. The summed E-state index contributed by atoms with van der Waals surface area (Å²) in [5.41, 5.74) is 6.07. The van der Waals surface area contributed by atoms with Crippen molar-refractivity contribution >= 4 is 23.6 Å². The highest BCUT2D eigenvalue weighted by atomic mass is 32.2. The molecule has 0 aromatic carbocycles. The molecule has 1 amide bonds. The summed E-state index contributed by atoms with van der Waals surface area (Å²) in [6.07, 6.45) is 2.11. The van der Waals surface area contributed by atoms with Crippen LogP contribution in [0.2, 0.25) is 0 Å². The summed E-state index contributed by atoms with van der Waals surface area (Å²) in [7, 11) is 0. The van der Waals surface area contributed by atoms with Crippen molar-refractivity contribution in [1.82, 2.24) is 4.90 Å². The molecule has 1 saturated heterocycles. The van der Waals surface area contributed by atoms with E-state index in [4.69, 9.17) is 10.8 Å². The Bertz CT molecular complexity index is 494. The smallest absolute Gasteiger partial charge is 0.353 e. The summed E-state index contributed by atoms with van der Waals surface area (Å²) in [5.74, 6) is -2.08. The average molecular weight is 330 g/mol. The van der Waals surface area contributed by atoms with Gasteiger partial charge in [0.15, 0.2) is 0 Å². The Kier molecular flexibility index (Phi) is 5.49. The second kappa shape index (κ2) is 6.99. The Morgan fingerprint density at radius 3 is 2.64 bits per heavy atom. The first kappa shape index (κ1) is 17.3. The van der Waals surface area contributed by atoms with Gasteiger partial charge in [0.2, 0.25) is 5.91 Å². The minimum atomic E-state index is -1.16. The van der Waals surface area contributed by atoms with Crippen LogP contribution < -0.4 is 5.73 Å². The standard InChI is InChI=1S/C14H22N2O5S/c1-7(18)9-12(19)16-10(14(20)21)11(22-13(9)16)8(15)5-3-2-4-6-17/h7-9,13,17-18H,2-6,15H2,1H3,(H,20,21)/t7?,8-,9+,13-/m1/s1. The van der Waals surface area contributed by atoms with E-state index in [0.717, 1.165) is 12.8 Å². The number of rotatable bonds is 8. The molecule has 0 aromatic rings. The minimum absolute atomic E-state index is 0.0356. The first-order valence-electron chi connectivity index (χ1n) is 7.41. The van der Waals surface area contributed by atoms with E-state index in [1.807, 2.05) is 0 Å². The molecule has 2 heterocycles. The second-order valence-corrected chi connectivity index (χ2v) is 6.84. The zero-order valence-corrected chi connectivity index (χ0v) is 13.3. The number of fused-ring (bicyclic) bond motifs is 1. The first-order valence-corrected chi connectivity index (χ1v) is 8.29. The molecule has 0 aromatic heterocycles. The van der Waals surface area contributed by atoms with Crippen molar-refractivity contribution in [3.05, 3.63) is 10.6 Å². The maximum Gasteiger partial charge on any atom is 0.353 e. The minimum Gasteiger partial charge on any atom is -0.477 e. The van der Waals surface area contributed by atoms with E-state index in [9.17, 15) is 19.8 Å². The Balaban J connectivity index is 2.09. The van der Waals surface area contributed by atoms with Crippen LogP contribution in [0.25, 0.3) is 0 Å². The third kappa shape index (κ3) is 3.01. The third-order valence-electron chi connectivity index (χ3n) is 4.04. The molecule has 2 rings (SSSR count). The Hall–Kier alpha value is -1.09. The molecule has 0 aliphatic carbocycles. The number of amides is 1. The van der Waals surface area contributed by atoms with Crippen LogP contribution >= 0.6 is 11.8 Å². The summed E-state index contributed by atoms with van der Waals surface area (Å²) in [5, 5.41) is 27.4. The van der Waals surface area contributed by atoms with Crippen molar-refractivity contribution in [2.24, 2.45) is 11.7 Å². The molecule has 1 fully saturated rings. The molecular weight excluding hydrogens is 308 g/mol. The number of carboxylic acid groups (broad SMARTS) is 1. The van der Waals surface area contributed by atoms with Crippen molar-refractivity contribution in [1.29, 1.82) is 0 Å². The molecule has 2 aliphatic heterocycles. The van der Waals surface area contributed by atoms with E-state index in [1.165, 1.54) is 23.6 Å². The fourth-order valence-electron chi connectivity index (χ4n) is 2.85. The maximum atomic E-state index is 12.1. The summed E-state index contributed by atoms with van der Waals surface area (Å²) in [4.78, 5) is 25.3. The van der Waals surface area contributed by atoms with Crippen molar-refractivity contribution in [2.45, 2.75) is 50.1 Å². The van der Waals surface area contributed by atoms with Gasteiger partial charge in [0.25, 0.3) is 0 Å². The number of aliphatic carboxylic acids is 1. The number of thioether (sulfide) groups is 1. The van der Waals surface area contributed by atoms with E-state index in [0.29, 0.717) is 17.7 Å². The topological polar surface area (TPSA) is 124 Å². The van der Waals surface area contributed by atoms with Gasteiger partial charge in [-0.1, -0.05) is 24.6 Å². The Morgan fingerprint density at radius 1 is 1.41 bits per heavy atom. The highest BCUT2D eigenvalue weighted by Gasteiger charge is 2.58. The number of hydrogen-bond acceptors (Lipinski definition) is 6. The number of unbranched alkanes of at least 4 members (excludes halogenated alkanes) is 2. The maximum absolute atomic E-state index is 12.1. The monoisotopic (exact) mass is 330 g/mol. The van der Waals surface area contributed by atoms with E-state index in [1.54, 1.807) is 0 Å². The molecule has 4 atom stereocenters. The van der Waals surface area contributed by atoms with Crippen LogP contribution in [-0.4, -0.2) is 56.2 Å². The zero-order chi connectivity index (χ0) is 16.4. The van der Waals surface area contributed by atoms with Crippen molar-refractivity contribution in [3.8, 4) is 0 Å². The van der Waals surface area contributed by atoms with E-state index >= 15 is 0 Å². The molecule has 0 spiro atoms. The number of hydrogen-bond donors (Lipinski definition) is 4. The van der Waals surface area contributed by atoms with Crippen LogP contribution in [-0.2, 0) is 9.59 Å². The van der Waals surface area contributed by atoms with E-state index in [-0.39, 0.29) is 23.6 Å². The van der Waals surface area contributed by atoms with Gasteiger partial charge in [0.1, 0.15) is 11.1 Å². The lowest BCUT2D eigenvalue weighted by Crippen LogP contribution is -2.60. The van der Waals surface area contributed by atoms with E-state index < -0.39 is 24.0 Å². The molecule has 0 bridgehead atoms. The lowest BCUT2D eigenvalue weighted by Gasteiger charge is -2.43. The molecule has 2 aliphatic rings. The van der Waals surface area contributed by atoms with Crippen LogP contribution in [0.4, 0.5) is 0 Å². The number of carbonyl (C=O) groups is 2. The number of nitrogens with two attached hydrogens (primary N) is 1. The van der Waals surface area contributed by atoms with Gasteiger partial charge in [0.05, 0.1) is 12.0 Å². The fourth-order valence-corrected chi connectivity index (χ4v) is 4.51. The van der Waals surface area contributed by atoms with Gasteiger partial charge < -0.3 is 21.1 Å². The predicted molar refractivity (Wildman–Crippen MR) is 81.6 cm³/mol. The molecule has 0 saturated carbocycles. The van der Waals surface area contributed by atoms with Gasteiger partial charge in [-0.05, 0) is 19.8 Å². The number of nitrogens with zero attached hydrogens (tertiary/aromatic N) is 1. The third-order valence-corrected chi connectivity index (χ3v) is 5.53. The largest absolute Gasteiger partial charge is 0.477 e. The summed E-state index contributed by atoms with van der Waals surface area (Å²) in [6.45, 7) is 1.67. The number of aliphatic hydroxyl groups excluding tert-OH is 2. The average Bonchev–Trinajstić information content (AvgIpc) is 2.78. The van der Waals surface area contributed by atoms with Crippen molar-refractivity contribution in [2.75, 3.05) is 6.61 Å². The summed E-state index contributed by atoms with van der Waals surface area (Å²) in [6, 6.07) is -0.442. The number of carbonyl (C=O) groups excluding carboxylic acids is 1. The molecule has 124 valence electrons. The number of β-lactam (4-membered cyclic amide) rings is 1. The van der Waals surface area contributed by atoms with Gasteiger partial charge in [-0.15, -0.1) is 0 Å². The van der Waals surface area contributed by atoms with Gasteiger partial charge in [-0.25, -0.2) is 4.79 Å². The predicted octanol–water partition coefficient (Wildman–Crippen LogP) is 0.0747. The van der Waals surface area contributed by atoms with E-state index in [2.05, 4.69) is 0 Å². The molecule has 7 nitrogen and oxygen atoms in total. The number of carboxylic acids is 1. The van der Waals surface area contributed by atoms with Gasteiger partial charge >= 0.3 is 5.97 Å². The first-order chi connectivity index (χ1) is 10.4. The van der Waals surface area contributed by atoms with Crippen LogP contribution in [0.1, 0.15) is 32.6 Å². The quantitative estimate of drug-likeness (QED) is 0.367. The van der Waals surface area contributed by atoms with Crippen LogP contribution in [0.5, 0.6) is 0 Å². The zero-order valence-electron chi connectivity index (χ0n) is 12.4. The highest BCUT2D eigenvalue weighted by Crippen LogP contribution is 2.51. The summed E-state index contributed by atoms with van der Waals surface area (Å²) >= 11 is 1.28. The van der Waals surface area contributed by atoms with Gasteiger partial charge in [-0.3, -0.25) is 9.69 Å². The van der Waals surface area contributed by atoms with Gasteiger partial charge in [0, 0.05) is 17.6 Å². The Labute approximate surface area is 133 Å². The highest BCUT2D eigenvalue weighted by molar-refractivity contribution is 8.04. The molecule has 5 N–H and O–H groups in total. The summed E-state index contributed by atoms with van der Waals surface area (Å²) < 4.78 is 0.